The molecule has 0 aliphatic carbocycles. The first-order valence-corrected chi connectivity index (χ1v) is 6.54. The molecule has 0 bridgehead atoms. The molecule has 1 aromatic rings. The molecule has 0 spiro atoms. The van der Waals surface area contributed by atoms with E-state index < -0.39 is 29.4 Å². The number of esters is 1. The third-order valence-corrected chi connectivity index (χ3v) is 2.54. The van der Waals surface area contributed by atoms with Crippen LogP contribution < -0.4 is 11.1 Å². The molecule has 1 aromatic carbocycles. The first-order chi connectivity index (χ1) is 9.60. The lowest BCUT2D eigenvalue weighted by Crippen LogP contribution is -2.42. The zero-order valence-electron chi connectivity index (χ0n) is 12.6. The summed E-state index contributed by atoms with van der Waals surface area (Å²) in [6.07, 6.45) is 0. The molecule has 0 fully saturated rings. The number of ether oxygens (including phenoxy) is 1. The predicted octanol–water partition coefficient (Wildman–Crippen LogP) is 1.25. The lowest BCUT2D eigenvalue weighted by Gasteiger charge is -2.22. The highest BCUT2D eigenvalue weighted by Gasteiger charge is 2.23. The average Bonchev–Trinajstić information content (AvgIpc) is 2.36. The third kappa shape index (κ3) is 5.25. The minimum absolute atomic E-state index is 0.312. The molecular formula is C15H20N2O4. The molecule has 2 amide bonds. The van der Waals surface area contributed by atoms with Crippen molar-refractivity contribution in [2.75, 3.05) is 0 Å². The largest absolute Gasteiger partial charge is 0.458 e. The van der Waals surface area contributed by atoms with Gasteiger partial charge in [-0.25, -0.2) is 4.79 Å². The second-order valence-corrected chi connectivity index (χ2v) is 5.67. The maximum Gasteiger partial charge on any atom is 0.328 e. The highest BCUT2D eigenvalue weighted by Crippen LogP contribution is 2.09. The Morgan fingerprint density at radius 3 is 2.00 bits per heavy atom. The van der Waals surface area contributed by atoms with Gasteiger partial charge in [0.1, 0.15) is 11.6 Å². The number of hydrogen-bond donors (Lipinski definition) is 2. The molecule has 114 valence electrons. The van der Waals surface area contributed by atoms with Crippen LogP contribution in [0.2, 0.25) is 0 Å². The van der Waals surface area contributed by atoms with Crippen molar-refractivity contribution in [2.45, 2.75) is 39.3 Å². The molecule has 1 atom stereocenters. The predicted molar refractivity (Wildman–Crippen MR) is 77.7 cm³/mol. The van der Waals surface area contributed by atoms with Crippen LogP contribution in [-0.4, -0.2) is 29.4 Å². The van der Waals surface area contributed by atoms with Crippen molar-refractivity contribution in [3.63, 3.8) is 0 Å². The van der Waals surface area contributed by atoms with E-state index in [4.69, 9.17) is 10.5 Å². The maximum atomic E-state index is 12.0. The third-order valence-electron chi connectivity index (χ3n) is 2.54. The van der Waals surface area contributed by atoms with Crippen LogP contribution in [0.15, 0.2) is 24.3 Å². The van der Waals surface area contributed by atoms with Gasteiger partial charge in [0.2, 0.25) is 5.91 Å². The summed E-state index contributed by atoms with van der Waals surface area (Å²) in [5, 5.41) is 2.54. The van der Waals surface area contributed by atoms with Gasteiger partial charge in [0.15, 0.2) is 0 Å². The zero-order valence-corrected chi connectivity index (χ0v) is 12.6. The Labute approximate surface area is 123 Å². The molecule has 3 N–H and O–H groups in total. The molecule has 0 saturated heterocycles. The smallest absolute Gasteiger partial charge is 0.328 e. The lowest BCUT2D eigenvalue weighted by molar-refractivity contribution is -0.156. The van der Waals surface area contributed by atoms with Crippen molar-refractivity contribution in [1.29, 1.82) is 0 Å². The SMILES string of the molecule is C[C@@H](NC(=O)c1ccc(C(N)=O)cc1)C(=O)OC(C)(C)C. The topological polar surface area (TPSA) is 98.5 Å². The summed E-state index contributed by atoms with van der Waals surface area (Å²) in [7, 11) is 0. The number of rotatable bonds is 4. The van der Waals surface area contributed by atoms with Gasteiger partial charge in [0, 0.05) is 11.1 Å². The van der Waals surface area contributed by atoms with Crippen molar-refractivity contribution < 1.29 is 19.1 Å². The Morgan fingerprint density at radius 2 is 1.57 bits per heavy atom. The summed E-state index contributed by atoms with van der Waals surface area (Å²) in [5.41, 5.74) is 5.15. The zero-order chi connectivity index (χ0) is 16.2. The Balaban J connectivity index is 2.68. The van der Waals surface area contributed by atoms with E-state index in [9.17, 15) is 14.4 Å². The number of carbonyl (C=O) groups is 3. The van der Waals surface area contributed by atoms with E-state index in [2.05, 4.69) is 5.32 Å². The fraction of sp³-hybridized carbons (Fsp3) is 0.400. The minimum Gasteiger partial charge on any atom is -0.458 e. The minimum atomic E-state index is -0.771. The molecule has 1 rings (SSSR count). The number of benzene rings is 1. The summed E-state index contributed by atoms with van der Waals surface area (Å²) < 4.78 is 5.17. The Kier molecular flexibility index (Phi) is 5.07. The number of nitrogens with one attached hydrogen (secondary N) is 1. The van der Waals surface area contributed by atoms with Crippen LogP contribution in [0.1, 0.15) is 48.4 Å². The molecule has 6 heteroatoms. The Hall–Kier alpha value is -2.37. The van der Waals surface area contributed by atoms with Crippen LogP contribution in [0.5, 0.6) is 0 Å². The molecule has 6 nitrogen and oxygen atoms in total. The average molecular weight is 292 g/mol. The number of nitrogens with two attached hydrogens (primary N) is 1. The van der Waals surface area contributed by atoms with E-state index in [0.717, 1.165) is 0 Å². The van der Waals surface area contributed by atoms with Crippen molar-refractivity contribution in [2.24, 2.45) is 5.73 Å². The lowest BCUT2D eigenvalue weighted by atomic mass is 10.1. The van der Waals surface area contributed by atoms with E-state index in [0.29, 0.717) is 11.1 Å². The quantitative estimate of drug-likeness (QED) is 0.816. The van der Waals surface area contributed by atoms with E-state index in [-0.39, 0.29) is 0 Å². The molecule has 0 aromatic heterocycles. The molecule has 0 saturated carbocycles. The Morgan fingerprint density at radius 1 is 1.10 bits per heavy atom. The van der Waals surface area contributed by atoms with Gasteiger partial charge >= 0.3 is 5.97 Å². The number of amides is 2. The highest BCUT2D eigenvalue weighted by molar-refractivity contribution is 5.98. The van der Waals surface area contributed by atoms with E-state index >= 15 is 0 Å². The number of hydrogen-bond acceptors (Lipinski definition) is 4. The monoisotopic (exact) mass is 292 g/mol. The summed E-state index contributed by atoms with van der Waals surface area (Å²) in [5.74, 6) is -1.50. The van der Waals surface area contributed by atoms with E-state index in [1.54, 1.807) is 27.7 Å². The first-order valence-electron chi connectivity index (χ1n) is 6.54. The molecule has 21 heavy (non-hydrogen) atoms. The van der Waals surface area contributed by atoms with Gasteiger partial charge in [-0.15, -0.1) is 0 Å². The van der Waals surface area contributed by atoms with Gasteiger partial charge in [0.25, 0.3) is 5.91 Å². The molecule has 0 aliphatic heterocycles. The van der Waals surface area contributed by atoms with Gasteiger partial charge in [-0.3, -0.25) is 9.59 Å². The van der Waals surface area contributed by atoms with Crippen LogP contribution >= 0.6 is 0 Å². The van der Waals surface area contributed by atoms with Crippen molar-refractivity contribution in [1.82, 2.24) is 5.32 Å². The van der Waals surface area contributed by atoms with E-state index in [1.807, 2.05) is 0 Å². The van der Waals surface area contributed by atoms with Crippen LogP contribution in [0.3, 0.4) is 0 Å². The van der Waals surface area contributed by atoms with Crippen LogP contribution in [0.25, 0.3) is 0 Å². The van der Waals surface area contributed by atoms with Crippen LogP contribution in [-0.2, 0) is 9.53 Å². The number of primary amides is 1. The Bertz CT molecular complexity index is 544. The van der Waals surface area contributed by atoms with E-state index in [1.165, 1.54) is 24.3 Å². The van der Waals surface area contributed by atoms with Gasteiger partial charge < -0.3 is 15.8 Å². The van der Waals surface area contributed by atoms with Gasteiger partial charge in [0.05, 0.1) is 0 Å². The normalized spacial score (nSPS) is 12.4. The second-order valence-electron chi connectivity index (χ2n) is 5.67. The second kappa shape index (κ2) is 6.39. The van der Waals surface area contributed by atoms with Crippen molar-refractivity contribution >= 4 is 17.8 Å². The molecule has 0 radical (unpaired) electrons. The summed E-state index contributed by atoms with van der Waals surface area (Å²) in [6, 6.07) is 5.08. The molecule has 0 aliphatic rings. The highest BCUT2D eigenvalue weighted by atomic mass is 16.6. The fourth-order valence-corrected chi connectivity index (χ4v) is 1.51. The van der Waals surface area contributed by atoms with Crippen molar-refractivity contribution in [3.8, 4) is 0 Å². The van der Waals surface area contributed by atoms with Crippen molar-refractivity contribution in [3.05, 3.63) is 35.4 Å². The molecule has 0 unspecified atom stereocenters. The molecular weight excluding hydrogens is 272 g/mol. The summed E-state index contributed by atoms with van der Waals surface area (Å²) in [6.45, 7) is 6.80. The maximum absolute atomic E-state index is 12.0. The van der Waals surface area contributed by atoms with Crippen LogP contribution in [0, 0.1) is 0 Å². The molecule has 0 heterocycles. The van der Waals surface area contributed by atoms with Gasteiger partial charge in [-0.2, -0.15) is 0 Å². The first kappa shape index (κ1) is 16.7. The standard InChI is InChI=1S/C15H20N2O4/c1-9(14(20)21-15(2,3)4)17-13(19)11-7-5-10(6-8-11)12(16)18/h5-9H,1-4H3,(H2,16,18)(H,17,19)/t9-/m1/s1. The van der Waals surface area contributed by atoms with Gasteiger partial charge in [-0.1, -0.05) is 0 Å². The van der Waals surface area contributed by atoms with Gasteiger partial charge in [-0.05, 0) is 52.0 Å². The number of carbonyl (C=O) groups excluding carboxylic acids is 3. The summed E-state index contributed by atoms with van der Waals surface area (Å²) >= 11 is 0. The summed E-state index contributed by atoms with van der Waals surface area (Å²) in [4.78, 5) is 34.7. The van der Waals surface area contributed by atoms with Crippen LogP contribution in [0.4, 0.5) is 0 Å². The fourth-order valence-electron chi connectivity index (χ4n) is 1.51.